The lowest BCUT2D eigenvalue weighted by atomic mass is 10.2. The highest BCUT2D eigenvalue weighted by atomic mass is 32.1. The first-order chi connectivity index (χ1) is 12.3. The molecule has 0 bridgehead atoms. The fraction of sp³-hybridized carbons (Fsp3) is 0.278. The Hall–Kier alpha value is -2.54. The van der Waals surface area contributed by atoms with Gasteiger partial charge in [0, 0.05) is 43.3 Å². The van der Waals surface area contributed by atoms with Crippen molar-refractivity contribution in [3.8, 4) is 11.3 Å². The Kier molecular flexibility index (Phi) is 4.56. The number of hydrogen-bond donors (Lipinski definition) is 0. The van der Waals surface area contributed by atoms with Crippen LogP contribution < -0.4 is 9.80 Å². The molecule has 0 aliphatic carbocycles. The number of halogens is 1. The van der Waals surface area contributed by atoms with Crippen LogP contribution in [0, 0.1) is 5.82 Å². The van der Waals surface area contributed by atoms with E-state index in [1.165, 1.54) is 12.1 Å². The van der Waals surface area contributed by atoms with Crippen LogP contribution in [0.4, 0.5) is 15.3 Å². The fourth-order valence-electron chi connectivity index (χ4n) is 2.96. The first-order valence-corrected chi connectivity index (χ1v) is 9.16. The van der Waals surface area contributed by atoms with E-state index in [2.05, 4.69) is 20.0 Å². The molecule has 0 radical (unpaired) electrons. The van der Waals surface area contributed by atoms with Crippen LogP contribution in [0.2, 0.25) is 0 Å². The Morgan fingerprint density at radius 3 is 2.56 bits per heavy atom. The Bertz CT molecular complexity index is 821. The molecule has 1 aromatic carbocycles. The molecule has 0 N–H and O–H groups in total. The molecule has 1 fully saturated rings. The largest absolute Gasteiger partial charge is 0.353 e. The summed E-state index contributed by atoms with van der Waals surface area (Å²) in [6.07, 6.45) is 2.74. The maximum Gasteiger partial charge on any atom is 0.185 e. The topological polar surface area (TPSA) is 45.2 Å². The number of thiazole rings is 1. The van der Waals surface area contributed by atoms with Crippen molar-refractivity contribution in [2.45, 2.75) is 6.42 Å². The average Bonchev–Trinajstić information content (AvgIpc) is 3.01. The number of benzene rings is 1. The van der Waals surface area contributed by atoms with Crippen LogP contribution in [0.3, 0.4) is 0 Å². The summed E-state index contributed by atoms with van der Waals surface area (Å²) in [5, 5.41) is 11.2. The fourth-order valence-corrected chi connectivity index (χ4v) is 3.85. The predicted molar refractivity (Wildman–Crippen MR) is 98.6 cm³/mol. The summed E-state index contributed by atoms with van der Waals surface area (Å²) in [5.74, 6) is 0.700. The highest BCUT2D eigenvalue weighted by molar-refractivity contribution is 7.14. The normalized spacial score (nSPS) is 15.2. The van der Waals surface area contributed by atoms with Gasteiger partial charge in [0.25, 0.3) is 0 Å². The third-order valence-electron chi connectivity index (χ3n) is 4.28. The molecular formula is C18H18FN5S. The number of nitrogens with zero attached hydrogens (tertiary/aromatic N) is 5. The van der Waals surface area contributed by atoms with Gasteiger partial charge in [-0.3, -0.25) is 0 Å². The molecule has 1 aliphatic heterocycles. The van der Waals surface area contributed by atoms with Gasteiger partial charge in [0.05, 0.1) is 5.69 Å². The Balaban J connectivity index is 1.47. The molecule has 128 valence electrons. The molecule has 4 rings (SSSR count). The Morgan fingerprint density at radius 1 is 0.960 bits per heavy atom. The minimum Gasteiger partial charge on any atom is -0.353 e. The van der Waals surface area contributed by atoms with Crippen LogP contribution in [0.25, 0.3) is 11.3 Å². The van der Waals surface area contributed by atoms with Crippen LogP contribution in [0.1, 0.15) is 6.42 Å². The molecule has 2 aromatic heterocycles. The lowest BCUT2D eigenvalue weighted by molar-refractivity contribution is 0.628. The second-order valence-electron chi connectivity index (χ2n) is 5.93. The third kappa shape index (κ3) is 3.61. The summed E-state index contributed by atoms with van der Waals surface area (Å²) in [5.41, 5.74) is 1.84. The Labute approximate surface area is 149 Å². The van der Waals surface area contributed by atoms with Crippen molar-refractivity contribution in [3.63, 3.8) is 0 Å². The van der Waals surface area contributed by atoms with Gasteiger partial charge in [-0.15, -0.1) is 16.4 Å². The number of rotatable bonds is 3. The minimum absolute atomic E-state index is 0.226. The molecule has 3 heterocycles. The second-order valence-corrected chi connectivity index (χ2v) is 6.77. The summed E-state index contributed by atoms with van der Waals surface area (Å²) < 4.78 is 13.1. The number of hydrogen-bond acceptors (Lipinski definition) is 6. The van der Waals surface area contributed by atoms with E-state index in [4.69, 9.17) is 4.98 Å². The third-order valence-corrected chi connectivity index (χ3v) is 5.18. The average molecular weight is 355 g/mol. The van der Waals surface area contributed by atoms with Crippen molar-refractivity contribution >= 4 is 22.3 Å². The zero-order chi connectivity index (χ0) is 17.1. The maximum absolute atomic E-state index is 13.1. The van der Waals surface area contributed by atoms with Crippen molar-refractivity contribution < 1.29 is 4.39 Å². The van der Waals surface area contributed by atoms with Gasteiger partial charge >= 0.3 is 0 Å². The van der Waals surface area contributed by atoms with Crippen molar-refractivity contribution in [1.29, 1.82) is 0 Å². The van der Waals surface area contributed by atoms with Crippen LogP contribution in [-0.2, 0) is 0 Å². The standard InChI is InChI=1S/C18H18FN5S/c19-15-6-4-14(5-7-15)16-13-25-18(21-16)24-10-2-9-23(11-12-24)17-3-1-8-20-22-17/h1,3-8,13H,2,9-12H2. The summed E-state index contributed by atoms with van der Waals surface area (Å²) >= 11 is 1.64. The van der Waals surface area contributed by atoms with Crippen molar-refractivity contribution in [2.75, 3.05) is 36.0 Å². The second kappa shape index (κ2) is 7.14. The molecule has 0 unspecified atom stereocenters. The quantitative estimate of drug-likeness (QED) is 0.720. The summed E-state index contributed by atoms with van der Waals surface area (Å²) in [6, 6.07) is 10.4. The lowest BCUT2D eigenvalue weighted by Crippen LogP contribution is -2.31. The highest BCUT2D eigenvalue weighted by Gasteiger charge is 2.18. The molecule has 5 nitrogen and oxygen atoms in total. The molecule has 25 heavy (non-hydrogen) atoms. The molecule has 1 saturated heterocycles. The zero-order valence-corrected chi connectivity index (χ0v) is 14.5. The van der Waals surface area contributed by atoms with E-state index in [1.54, 1.807) is 29.7 Å². The van der Waals surface area contributed by atoms with Crippen LogP contribution in [0.15, 0.2) is 48.0 Å². The van der Waals surface area contributed by atoms with Gasteiger partial charge < -0.3 is 9.80 Å². The summed E-state index contributed by atoms with van der Waals surface area (Å²) in [4.78, 5) is 9.33. The van der Waals surface area contributed by atoms with E-state index in [0.29, 0.717) is 0 Å². The van der Waals surface area contributed by atoms with E-state index < -0.39 is 0 Å². The van der Waals surface area contributed by atoms with Gasteiger partial charge in [-0.25, -0.2) is 9.37 Å². The van der Waals surface area contributed by atoms with Crippen LogP contribution in [0.5, 0.6) is 0 Å². The highest BCUT2D eigenvalue weighted by Crippen LogP contribution is 2.28. The molecule has 7 heteroatoms. The molecule has 0 spiro atoms. The first kappa shape index (κ1) is 16.0. The molecule has 0 saturated carbocycles. The Morgan fingerprint density at radius 2 is 1.76 bits per heavy atom. The summed E-state index contributed by atoms with van der Waals surface area (Å²) in [6.45, 7) is 3.72. The van der Waals surface area contributed by atoms with E-state index in [1.807, 2.05) is 17.5 Å². The van der Waals surface area contributed by atoms with Crippen molar-refractivity contribution in [1.82, 2.24) is 15.2 Å². The summed E-state index contributed by atoms with van der Waals surface area (Å²) in [7, 11) is 0. The number of aromatic nitrogens is 3. The molecular weight excluding hydrogens is 337 g/mol. The van der Waals surface area contributed by atoms with E-state index in [0.717, 1.165) is 54.8 Å². The smallest absolute Gasteiger partial charge is 0.185 e. The SMILES string of the molecule is Fc1ccc(-c2csc(N3CCCN(c4cccnn4)CC3)n2)cc1. The van der Waals surface area contributed by atoms with Gasteiger partial charge in [0.1, 0.15) is 5.82 Å². The predicted octanol–water partition coefficient (Wildman–Crippen LogP) is 3.46. The zero-order valence-electron chi connectivity index (χ0n) is 13.7. The van der Waals surface area contributed by atoms with Gasteiger partial charge in [-0.1, -0.05) is 0 Å². The first-order valence-electron chi connectivity index (χ1n) is 8.29. The van der Waals surface area contributed by atoms with Gasteiger partial charge in [0.2, 0.25) is 0 Å². The molecule has 1 aliphatic rings. The monoisotopic (exact) mass is 355 g/mol. The van der Waals surface area contributed by atoms with E-state index in [9.17, 15) is 4.39 Å². The van der Waals surface area contributed by atoms with E-state index in [-0.39, 0.29) is 5.82 Å². The number of anilines is 2. The van der Waals surface area contributed by atoms with Crippen molar-refractivity contribution in [3.05, 3.63) is 53.8 Å². The van der Waals surface area contributed by atoms with Gasteiger partial charge in [-0.2, -0.15) is 5.10 Å². The van der Waals surface area contributed by atoms with Crippen molar-refractivity contribution in [2.24, 2.45) is 0 Å². The minimum atomic E-state index is -0.226. The maximum atomic E-state index is 13.1. The van der Waals surface area contributed by atoms with Crippen LogP contribution in [-0.4, -0.2) is 41.4 Å². The molecule has 3 aromatic rings. The van der Waals surface area contributed by atoms with Crippen LogP contribution >= 0.6 is 11.3 Å². The van der Waals surface area contributed by atoms with Gasteiger partial charge in [-0.05, 0) is 42.8 Å². The molecule has 0 atom stereocenters. The molecule has 0 amide bonds. The lowest BCUT2D eigenvalue weighted by Gasteiger charge is -2.21. The van der Waals surface area contributed by atoms with E-state index >= 15 is 0 Å². The van der Waals surface area contributed by atoms with Gasteiger partial charge in [0.15, 0.2) is 10.9 Å².